The molecule has 0 aliphatic heterocycles. The first-order valence-corrected chi connectivity index (χ1v) is 7.88. The van der Waals surface area contributed by atoms with Crippen molar-refractivity contribution in [1.82, 2.24) is 14.5 Å². The highest BCUT2D eigenvalue weighted by Gasteiger charge is 2.14. The lowest BCUT2D eigenvalue weighted by Crippen LogP contribution is -1.98. The summed E-state index contributed by atoms with van der Waals surface area (Å²) in [6, 6.07) is 20.1. The van der Waals surface area contributed by atoms with Crippen LogP contribution in [0.3, 0.4) is 0 Å². The van der Waals surface area contributed by atoms with Gasteiger partial charge in [0.1, 0.15) is 11.4 Å². The Hall–Kier alpha value is -2.85. The van der Waals surface area contributed by atoms with Crippen LogP contribution in [0, 0.1) is 0 Å². The summed E-state index contributed by atoms with van der Waals surface area (Å²) >= 11 is 6.03. The summed E-state index contributed by atoms with van der Waals surface area (Å²) < 4.78 is 7.33. The highest BCUT2D eigenvalue weighted by molar-refractivity contribution is 6.28. The maximum absolute atomic E-state index is 6.03. The molecule has 5 heteroatoms. The van der Waals surface area contributed by atoms with E-state index in [0.29, 0.717) is 0 Å². The van der Waals surface area contributed by atoms with E-state index in [4.69, 9.17) is 16.3 Å². The van der Waals surface area contributed by atoms with Crippen molar-refractivity contribution in [3.05, 3.63) is 72.1 Å². The van der Waals surface area contributed by atoms with Crippen LogP contribution in [0.25, 0.3) is 28.0 Å². The number of aromatic nitrogens is 3. The van der Waals surface area contributed by atoms with Gasteiger partial charge in [-0.1, -0.05) is 30.3 Å². The Morgan fingerprint density at radius 1 is 1.00 bits per heavy atom. The molecule has 0 aliphatic carbocycles. The Labute approximate surface area is 144 Å². The lowest BCUT2D eigenvalue weighted by Gasteiger charge is -2.11. The zero-order chi connectivity index (χ0) is 16.5. The zero-order valence-electron chi connectivity index (χ0n) is 13.0. The van der Waals surface area contributed by atoms with Gasteiger partial charge in [-0.3, -0.25) is 4.57 Å². The first-order valence-electron chi connectivity index (χ1n) is 7.50. The van der Waals surface area contributed by atoms with Crippen molar-refractivity contribution >= 4 is 22.6 Å². The number of methoxy groups -OCH3 is 1. The second-order valence-electron chi connectivity index (χ2n) is 5.35. The van der Waals surface area contributed by atoms with Crippen LogP contribution in [-0.2, 0) is 0 Å². The van der Waals surface area contributed by atoms with Gasteiger partial charge in [0.2, 0.25) is 5.28 Å². The van der Waals surface area contributed by atoms with E-state index in [9.17, 15) is 0 Å². The molecule has 4 nitrogen and oxygen atoms in total. The molecule has 0 amide bonds. The topological polar surface area (TPSA) is 39.9 Å². The van der Waals surface area contributed by atoms with Crippen molar-refractivity contribution in [2.24, 2.45) is 0 Å². The van der Waals surface area contributed by atoms with E-state index < -0.39 is 0 Å². The van der Waals surface area contributed by atoms with Crippen LogP contribution < -0.4 is 4.74 Å². The van der Waals surface area contributed by atoms with Gasteiger partial charge in [0.05, 0.1) is 12.8 Å². The van der Waals surface area contributed by atoms with Gasteiger partial charge >= 0.3 is 0 Å². The third kappa shape index (κ3) is 2.51. The van der Waals surface area contributed by atoms with Crippen molar-refractivity contribution in [2.75, 3.05) is 7.11 Å². The highest BCUT2D eigenvalue weighted by Crippen LogP contribution is 2.31. The second kappa shape index (κ2) is 5.98. The maximum Gasteiger partial charge on any atom is 0.224 e. The van der Waals surface area contributed by atoms with Gasteiger partial charge in [-0.2, -0.15) is 4.98 Å². The molecule has 118 valence electrons. The van der Waals surface area contributed by atoms with Crippen molar-refractivity contribution in [3.8, 4) is 22.7 Å². The summed E-state index contributed by atoms with van der Waals surface area (Å²) in [6.07, 6.45) is 1.75. The number of nitrogens with zero attached hydrogens (tertiary/aromatic N) is 3. The molecule has 2 aromatic carbocycles. The second-order valence-corrected chi connectivity index (χ2v) is 5.69. The Kier molecular flexibility index (Phi) is 3.67. The molecule has 0 aliphatic rings. The molecule has 4 rings (SSSR count). The number of benzene rings is 2. The van der Waals surface area contributed by atoms with E-state index in [2.05, 4.69) is 32.7 Å². The van der Waals surface area contributed by atoms with Gasteiger partial charge in [-0.15, -0.1) is 0 Å². The largest absolute Gasteiger partial charge is 0.497 e. The number of halogens is 1. The Balaban J connectivity index is 2.01. The van der Waals surface area contributed by atoms with E-state index in [0.717, 1.165) is 33.7 Å². The number of fused-ring (bicyclic) bond motifs is 1. The minimum Gasteiger partial charge on any atom is -0.497 e. The van der Waals surface area contributed by atoms with Crippen molar-refractivity contribution < 1.29 is 4.74 Å². The van der Waals surface area contributed by atoms with E-state index in [1.807, 2.05) is 42.5 Å². The molecular weight excluding hydrogens is 322 g/mol. The molecule has 0 atom stereocenters. The predicted molar refractivity (Wildman–Crippen MR) is 95.9 cm³/mol. The normalized spacial score (nSPS) is 10.9. The minimum atomic E-state index is 0.231. The van der Waals surface area contributed by atoms with E-state index in [1.165, 1.54) is 0 Å². The smallest absolute Gasteiger partial charge is 0.224 e. The fourth-order valence-electron chi connectivity index (χ4n) is 2.78. The Morgan fingerprint density at radius 2 is 1.75 bits per heavy atom. The van der Waals surface area contributed by atoms with Crippen molar-refractivity contribution in [1.29, 1.82) is 0 Å². The molecule has 2 aromatic heterocycles. The molecule has 0 saturated carbocycles. The summed E-state index contributed by atoms with van der Waals surface area (Å²) in [5, 5.41) is 1.17. The molecule has 2 heterocycles. The van der Waals surface area contributed by atoms with Crippen LogP contribution in [0.5, 0.6) is 5.75 Å². The molecule has 0 spiro atoms. The Morgan fingerprint density at radius 3 is 2.46 bits per heavy atom. The molecule has 0 N–H and O–H groups in total. The van der Waals surface area contributed by atoms with Crippen LogP contribution in [0.15, 0.2) is 66.9 Å². The van der Waals surface area contributed by atoms with Gasteiger partial charge in [0.15, 0.2) is 0 Å². The number of rotatable bonds is 3. The molecule has 0 saturated heterocycles. The zero-order valence-corrected chi connectivity index (χ0v) is 13.7. The standard InChI is InChI=1S/C19H14ClN3O/c1-24-16-9-7-15(8-10-16)23-17(13-5-3-2-4-6-13)11-14-12-21-19(20)22-18(14)23/h2-12H,1H3. The summed E-state index contributed by atoms with van der Waals surface area (Å²) in [5.41, 5.74) is 3.90. The molecule has 0 radical (unpaired) electrons. The monoisotopic (exact) mass is 335 g/mol. The van der Waals surface area contributed by atoms with E-state index in [1.54, 1.807) is 13.3 Å². The lowest BCUT2D eigenvalue weighted by atomic mass is 10.1. The Bertz CT molecular complexity index is 994. The highest BCUT2D eigenvalue weighted by atomic mass is 35.5. The van der Waals surface area contributed by atoms with Crippen LogP contribution in [0.1, 0.15) is 0 Å². The fraction of sp³-hybridized carbons (Fsp3) is 0.0526. The minimum absolute atomic E-state index is 0.231. The molecule has 0 bridgehead atoms. The predicted octanol–water partition coefficient (Wildman–Crippen LogP) is 4.75. The summed E-state index contributed by atoms with van der Waals surface area (Å²) in [6.45, 7) is 0. The van der Waals surface area contributed by atoms with Gasteiger partial charge in [-0.25, -0.2) is 4.98 Å². The fourth-order valence-corrected chi connectivity index (χ4v) is 2.91. The number of ether oxygens (including phenoxy) is 1. The van der Waals surface area contributed by atoms with Crippen LogP contribution in [0.2, 0.25) is 5.28 Å². The van der Waals surface area contributed by atoms with E-state index >= 15 is 0 Å². The first-order chi connectivity index (χ1) is 11.8. The van der Waals surface area contributed by atoms with Crippen LogP contribution in [0.4, 0.5) is 0 Å². The molecule has 4 aromatic rings. The third-order valence-corrected chi connectivity index (χ3v) is 4.09. The maximum atomic E-state index is 6.03. The first kappa shape index (κ1) is 14.7. The summed E-state index contributed by atoms with van der Waals surface area (Å²) in [4.78, 5) is 8.52. The van der Waals surface area contributed by atoms with Gasteiger partial charge in [0.25, 0.3) is 0 Å². The average Bonchev–Trinajstić information content (AvgIpc) is 3.01. The van der Waals surface area contributed by atoms with Crippen LogP contribution in [-0.4, -0.2) is 21.6 Å². The molecule has 24 heavy (non-hydrogen) atoms. The molecular formula is C19H14ClN3O. The summed E-state index contributed by atoms with van der Waals surface area (Å²) in [5.74, 6) is 0.809. The van der Waals surface area contributed by atoms with Crippen LogP contribution >= 0.6 is 11.6 Å². The number of hydrogen-bond donors (Lipinski definition) is 0. The van der Waals surface area contributed by atoms with Crippen molar-refractivity contribution in [2.45, 2.75) is 0 Å². The number of hydrogen-bond acceptors (Lipinski definition) is 3. The van der Waals surface area contributed by atoms with Crippen molar-refractivity contribution in [3.63, 3.8) is 0 Å². The average molecular weight is 336 g/mol. The quantitative estimate of drug-likeness (QED) is 0.507. The van der Waals surface area contributed by atoms with Gasteiger partial charge < -0.3 is 4.74 Å². The third-order valence-electron chi connectivity index (χ3n) is 3.91. The van der Waals surface area contributed by atoms with Gasteiger partial charge in [-0.05, 0) is 47.5 Å². The molecule has 0 fully saturated rings. The SMILES string of the molecule is COc1ccc(-n2c(-c3ccccc3)cc3cnc(Cl)nc32)cc1. The van der Waals surface area contributed by atoms with Gasteiger partial charge in [0, 0.05) is 17.3 Å². The summed E-state index contributed by atoms with van der Waals surface area (Å²) in [7, 11) is 1.66. The van der Waals surface area contributed by atoms with E-state index in [-0.39, 0.29) is 5.28 Å². The molecule has 0 unspecified atom stereocenters. The lowest BCUT2D eigenvalue weighted by molar-refractivity contribution is 0.415.